The van der Waals surface area contributed by atoms with E-state index in [9.17, 15) is 10.1 Å². The fraction of sp³-hybridized carbons (Fsp3) is 0.600. The lowest BCUT2D eigenvalue weighted by molar-refractivity contribution is -0.424. The Morgan fingerprint density at radius 2 is 2.38 bits per heavy atom. The minimum atomic E-state index is -0.385. The predicted molar refractivity (Wildman–Crippen MR) is 31.0 cm³/mol. The molecule has 0 saturated carbocycles. The molecule has 8 heavy (non-hydrogen) atoms. The first kappa shape index (κ1) is 7.14. The molecule has 0 fully saturated rings. The van der Waals surface area contributed by atoms with Gasteiger partial charge in [-0.3, -0.25) is 10.1 Å². The molecule has 0 saturated heterocycles. The molecule has 0 unspecified atom stereocenters. The zero-order valence-electron chi connectivity index (χ0n) is 5.05. The fourth-order valence-electron chi connectivity index (χ4n) is 0.370. The Morgan fingerprint density at radius 1 is 1.88 bits per heavy atom. The molecule has 0 spiro atoms. The maximum absolute atomic E-state index is 9.83. The van der Waals surface area contributed by atoms with E-state index >= 15 is 0 Å². The molecule has 3 nitrogen and oxygen atoms in total. The van der Waals surface area contributed by atoms with E-state index in [2.05, 4.69) is 0 Å². The Balaban J connectivity index is 3.80. The Kier molecular flexibility index (Phi) is 2.84. The summed E-state index contributed by atoms with van der Waals surface area (Å²) in [7, 11) is 0. The van der Waals surface area contributed by atoms with E-state index in [0.717, 1.165) is 6.42 Å². The number of hydrogen-bond acceptors (Lipinski definition) is 2. The van der Waals surface area contributed by atoms with Gasteiger partial charge in [0.25, 0.3) is 0 Å². The summed E-state index contributed by atoms with van der Waals surface area (Å²) >= 11 is 0. The lowest BCUT2D eigenvalue weighted by atomic mass is 10.4. The van der Waals surface area contributed by atoms with Crippen LogP contribution in [0.2, 0.25) is 0 Å². The quantitative estimate of drug-likeness (QED) is 0.405. The second kappa shape index (κ2) is 3.18. The molecule has 0 aliphatic carbocycles. The second-order valence-electron chi connectivity index (χ2n) is 1.51. The summed E-state index contributed by atoms with van der Waals surface area (Å²) in [4.78, 5) is 9.44. The van der Waals surface area contributed by atoms with Crippen LogP contribution in [0, 0.1) is 10.1 Å². The van der Waals surface area contributed by atoms with Gasteiger partial charge in [0.05, 0.1) is 4.92 Å². The minimum Gasteiger partial charge on any atom is -0.259 e. The van der Waals surface area contributed by atoms with Crippen LogP contribution in [-0.2, 0) is 0 Å². The summed E-state index contributed by atoms with van der Waals surface area (Å²) in [5, 5.41) is 9.83. The highest BCUT2D eigenvalue weighted by atomic mass is 16.6. The molecule has 0 aromatic rings. The Labute approximate surface area is 48.2 Å². The molecule has 0 aliphatic rings. The molecule has 3 heteroatoms. The van der Waals surface area contributed by atoms with E-state index in [4.69, 9.17) is 0 Å². The van der Waals surface area contributed by atoms with Gasteiger partial charge in [0.15, 0.2) is 0 Å². The Bertz CT molecular complexity index is 118. The average Bonchev–Trinajstić information content (AvgIpc) is 1.67. The average molecular weight is 115 g/mol. The van der Waals surface area contributed by atoms with Gasteiger partial charge >= 0.3 is 0 Å². The molecule has 0 aromatic heterocycles. The number of allylic oxidation sites excluding steroid dienone is 2. The van der Waals surface area contributed by atoms with Crippen molar-refractivity contribution in [2.24, 2.45) is 0 Å². The molecule has 0 amide bonds. The monoisotopic (exact) mass is 115 g/mol. The van der Waals surface area contributed by atoms with E-state index in [1.54, 1.807) is 6.08 Å². The van der Waals surface area contributed by atoms with Crippen molar-refractivity contribution in [2.75, 3.05) is 0 Å². The third kappa shape index (κ3) is 2.34. The first-order chi connectivity index (χ1) is 3.68. The summed E-state index contributed by atoms with van der Waals surface area (Å²) < 4.78 is 0. The van der Waals surface area contributed by atoms with Crippen molar-refractivity contribution >= 4 is 0 Å². The van der Waals surface area contributed by atoms with E-state index in [1.165, 1.54) is 6.92 Å². The summed E-state index contributed by atoms with van der Waals surface area (Å²) in [5.74, 6) is 0. The van der Waals surface area contributed by atoms with Crippen LogP contribution in [0.4, 0.5) is 0 Å². The molecule has 0 aromatic carbocycles. The van der Waals surface area contributed by atoms with Crippen molar-refractivity contribution < 1.29 is 4.92 Å². The molecule has 0 N–H and O–H groups in total. The molecular formula is C5H9NO2. The molecule has 0 aliphatic heterocycles. The smallest absolute Gasteiger partial charge is 0.239 e. The van der Waals surface area contributed by atoms with Gasteiger partial charge < -0.3 is 0 Å². The van der Waals surface area contributed by atoms with Gasteiger partial charge in [0.1, 0.15) is 0 Å². The molecule has 0 radical (unpaired) electrons. The molecule has 0 bridgehead atoms. The SMILES string of the molecule is CC/C=C(/C)[N+](=O)[O-]. The number of nitro groups is 1. The minimum absolute atomic E-state index is 0.229. The Hall–Kier alpha value is -0.860. The maximum atomic E-state index is 9.83. The molecule has 0 rings (SSSR count). The van der Waals surface area contributed by atoms with Crippen LogP contribution in [0.25, 0.3) is 0 Å². The van der Waals surface area contributed by atoms with Crippen LogP contribution in [0.3, 0.4) is 0 Å². The van der Waals surface area contributed by atoms with Crippen LogP contribution in [0.1, 0.15) is 20.3 Å². The van der Waals surface area contributed by atoms with Gasteiger partial charge in [-0.15, -0.1) is 0 Å². The summed E-state index contributed by atoms with van der Waals surface area (Å²) in [6.07, 6.45) is 2.31. The highest BCUT2D eigenvalue weighted by Crippen LogP contribution is 1.93. The zero-order valence-corrected chi connectivity index (χ0v) is 5.05. The third-order valence-corrected chi connectivity index (χ3v) is 0.788. The topological polar surface area (TPSA) is 43.1 Å². The van der Waals surface area contributed by atoms with Crippen molar-refractivity contribution in [2.45, 2.75) is 20.3 Å². The van der Waals surface area contributed by atoms with Gasteiger partial charge in [-0.25, -0.2) is 0 Å². The van der Waals surface area contributed by atoms with Crippen molar-refractivity contribution in [3.63, 3.8) is 0 Å². The van der Waals surface area contributed by atoms with E-state index < -0.39 is 0 Å². The highest BCUT2D eigenvalue weighted by molar-refractivity contribution is 4.84. The van der Waals surface area contributed by atoms with E-state index in [-0.39, 0.29) is 10.6 Å². The van der Waals surface area contributed by atoms with Crippen molar-refractivity contribution in [3.8, 4) is 0 Å². The normalized spacial score (nSPS) is 11.5. The van der Waals surface area contributed by atoms with Crippen LogP contribution < -0.4 is 0 Å². The van der Waals surface area contributed by atoms with Crippen molar-refractivity contribution in [3.05, 3.63) is 21.9 Å². The van der Waals surface area contributed by atoms with Crippen molar-refractivity contribution in [1.82, 2.24) is 0 Å². The highest BCUT2D eigenvalue weighted by Gasteiger charge is 1.96. The molecular weight excluding hydrogens is 106 g/mol. The first-order valence-electron chi connectivity index (χ1n) is 2.49. The molecule has 0 heterocycles. The molecule has 46 valence electrons. The Morgan fingerprint density at radius 3 is 2.50 bits per heavy atom. The van der Waals surface area contributed by atoms with Gasteiger partial charge in [-0.2, -0.15) is 0 Å². The van der Waals surface area contributed by atoms with Crippen LogP contribution in [0.5, 0.6) is 0 Å². The van der Waals surface area contributed by atoms with Crippen LogP contribution >= 0.6 is 0 Å². The zero-order chi connectivity index (χ0) is 6.57. The third-order valence-electron chi connectivity index (χ3n) is 0.788. The van der Waals surface area contributed by atoms with Gasteiger partial charge in [0, 0.05) is 6.92 Å². The first-order valence-corrected chi connectivity index (χ1v) is 2.49. The largest absolute Gasteiger partial charge is 0.259 e. The summed E-state index contributed by atoms with van der Waals surface area (Å²) in [5.41, 5.74) is 0.229. The number of nitrogens with zero attached hydrogens (tertiary/aromatic N) is 1. The van der Waals surface area contributed by atoms with Gasteiger partial charge in [-0.05, 0) is 12.5 Å². The lowest BCUT2D eigenvalue weighted by Gasteiger charge is -1.84. The molecule has 0 atom stereocenters. The van der Waals surface area contributed by atoms with Crippen LogP contribution in [0.15, 0.2) is 11.8 Å². The lowest BCUT2D eigenvalue weighted by Crippen LogP contribution is -1.92. The van der Waals surface area contributed by atoms with Gasteiger partial charge in [0.2, 0.25) is 5.70 Å². The summed E-state index contributed by atoms with van der Waals surface area (Å²) in [6, 6.07) is 0. The standard InChI is InChI=1S/C5H9NO2/c1-3-4-5(2)6(7)8/h4H,3H2,1-2H3/b5-4-. The van der Waals surface area contributed by atoms with Gasteiger partial charge in [-0.1, -0.05) is 6.92 Å². The fourth-order valence-corrected chi connectivity index (χ4v) is 0.370. The number of hydrogen-bond donors (Lipinski definition) is 0. The predicted octanol–water partition coefficient (Wildman–Crippen LogP) is 1.58. The van der Waals surface area contributed by atoms with E-state index in [0.29, 0.717) is 0 Å². The van der Waals surface area contributed by atoms with Crippen LogP contribution in [-0.4, -0.2) is 4.92 Å². The summed E-state index contributed by atoms with van der Waals surface area (Å²) in [6.45, 7) is 3.36. The number of rotatable bonds is 2. The van der Waals surface area contributed by atoms with E-state index in [1.807, 2.05) is 6.92 Å². The van der Waals surface area contributed by atoms with Crippen molar-refractivity contribution in [1.29, 1.82) is 0 Å². The second-order valence-corrected chi connectivity index (χ2v) is 1.51. The maximum Gasteiger partial charge on any atom is 0.239 e.